The third-order valence-electron chi connectivity index (χ3n) is 2.55. The van der Waals surface area contributed by atoms with Gasteiger partial charge in [-0.05, 0) is 6.92 Å². The zero-order chi connectivity index (χ0) is 13.1. The predicted molar refractivity (Wildman–Crippen MR) is 67.9 cm³/mol. The monoisotopic (exact) mass is 245 g/mol. The van der Waals surface area contributed by atoms with Crippen LogP contribution in [0.25, 0.3) is 0 Å². The van der Waals surface area contributed by atoms with Gasteiger partial charge in [0.05, 0.1) is 33.9 Å². The highest BCUT2D eigenvalue weighted by molar-refractivity contribution is 5.67. The molecule has 0 saturated carbocycles. The fourth-order valence-corrected chi connectivity index (χ4v) is 0.983. The number of carbonyl (C=O) groups is 1. The number of carbonyl (C=O) groups excluding carboxylic acids is 1. The Morgan fingerprint density at radius 1 is 1.41 bits per heavy atom. The summed E-state index contributed by atoms with van der Waals surface area (Å²) in [5, 5.41) is 2.59. The first-order valence-corrected chi connectivity index (χ1v) is 5.93. The molecule has 0 saturated heterocycles. The van der Waals surface area contributed by atoms with Gasteiger partial charge in [-0.2, -0.15) is 0 Å². The number of amides is 1. The Balaban J connectivity index is 3.35. The third-order valence-corrected chi connectivity index (χ3v) is 2.55. The van der Waals surface area contributed by atoms with E-state index < -0.39 is 6.09 Å². The van der Waals surface area contributed by atoms with Crippen molar-refractivity contribution in [3.05, 3.63) is 12.7 Å². The van der Waals surface area contributed by atoms with E-state index in [0.717, 1.165) is 17.6 Å². The van der Waals surface area contributed by atoms with Crippen LogP contribution in [-0.2, 0) is 9.47 Å². The molecule has 0 aromatic heterocycles. The minimum Gasteiger partial charge on any atom is -0.445 e. The summed E-state index contributed by atoms with van der Waals surface area (Å²) in [5.74, 6) is 0. The van der Waals surface area contributed by atoms with Crippen molar-refractivity contribution >= 4 is 6.09 Å². The second-order valence-corrected chi connectivity index (χ2v) is 4.40. The number of nitrogens with one attached hydrogen (secondary N) is 1. The summed E-state index contributed by atoms with van der Waals surface area (Å²) in [6, 6.07) is 0. The molecule has 0 rings (SSSR count). The summed E-state index contributed by atoms with van der Waals surface area (Å²) in [7, 11) is 4.32. The fourth-order valence-electron chi connectivity index (χ4n) is 0.983. The molecule has 0 unspecified atom stereocenters. The molecule has 0 spiro atoms. The SMILES string of the molecule is C=CCOC(=O)NCCOCC[N+](C)(C)CC. The number of hydrogen-bond acceptors (Lipinski definition) is 3. The van der Waals surface area contributed by atoms with Crippen LogP contribution in [0.3, 0.4) is 0 Å². The van der Waals surface area contributed by atoms with Crippen LogP contribution in [0, 0.1) is 0 Å². The quantitative estimate of drug-likeness (QED) is 0.375. The van der Waals surface area contributed by atoms with E-state index in [1.165, 1.54) is 6.08 Å². The summed E-state index contributed by atoms with van der Waals surface area (Å²) in [5.41, 5.74) is 0. The molecule has 1 amide bonds. The minimum absolute atomic E-state index is 0.231. The highest BCUT2D eigenvalue weighted by Gasteiger charge is 2.10. The first-order chi connectivity index (χ1) is 8.02. The highest BCUT2D eigenvalue weighted by atomic mass is 16.5. The van der Waals surface area contributed by atoms with Crippen LogP contribution in [0.5, 0.6) is 0 Å². The van der Waals surface area contributed by atoms with E-state index in [1.54, 1.807) is 0 Å². The van der Waals surface area contributed by atoms with E-state index in [-0.39, 0.29) is 6.61 Å². The van der Waals surface area contributed by atoms with Crippen LogP contribution in [0.2, 0.25) is 0 Å². The fraction of sp³-hybridized carbons (Fsp3) is 0.750. The van der Waals surface area contributed by atoms with Gasteiger partial charge in [0.1, 0.15) is 13.2 Å². The number of alkyl carbamates (subject to hydrolysis) is 1. The largest absolute Gasteiger partial charge is 0.445 e. The molecular formula is C12H25N2O3+. The van der Waals surface area contributed by atoms with Crippen molar-refractivity contribution in [3.8, 4) is 0 Å². The molecule has 0 fully saturated rings. The number of nitrogens with zero attached hydrogens (tertiary/aromatic N) is 1. The average Bonchev–Trinajstić information content (AvgIpc) is 2.31. The Morgan fingerprint density at radius 2 is 2.12 bits per heavy atom. The molecular weight excluding hydrogens is 220 g/mol. The lowest BCUT2D eigenvalue weighted by Gasteiger charge is -2.27. The standard InChI is InChI=1S/C12H24N2O3/c1-5-9-17-12(15)13-7-10-16-11-8-14(3,4)6-2/h5H,1,6-11H2,2-4H3/p+1. The van der Waals surface area contributed by atoms with E-state index in [4.69, 9.17) is 9.47 Å². The van der Waals surface area contributed by atoms with E-state index in [2.05, 4.69) is 32.9 Å². The molecule has 5 heteroatoms. The van der Waals surface area contributed by atoms with Gasteiger partial charge in [-0.3, -0.25) is 0 Å². The summed E-state index contributed by atoms with van der Waals surface area (Å²) in [4.78, 5) is 11.0. The van der Waals surface area contributed by atoms with Gasteiger partial charge in [-0.25, -0.2) is 4.79 Å². The predicted octanol–water partition coefficient (Wildman–Crippen LogP) is 1.01. The van der Waals surface area contributed by atoms with Crippen molar-refractivity contribution < 1.29 is 18.8 Å². The van der Waals surface area contributed by atoms with Gasteiger partial charge in [0.2, 0.25) is 0 Å². The molecule has 0 heterocycles. The minimum atomic E-state index is -0.432. The Morgan fingerprint density at radius 3 is 2.71 bits per heavy atom. The molecule has 0 atom stereocenters. The van der Waals surface area contributed by atoms with Gasteiger partial charge in [-0.15, -0.1) is 0 Å². The zero-order valence-electron chi connectivity index (χ0n) is 11.2. The van der Waals surface area contributed by atoms with Gasteiger partial charge in [-0.1, -0.05) is 12.7 Å². The molecule has 0 aliphatic rings. The zero-order valence-corrected chi connectivity index (χ0v) is 11.2. The highest BCUT2D eigenvalue weighted by Crippen LogP contribution is 1.94. The normalized spacial score (nSPS) is 11.0. The Hall–Kier alpha value is -1.07. The second-order valence-electron chi connectivity index (χ2n) is 4.40. The smallest absolute Gasteiger partial charge is 0.407 e. The van der Waals surface area contributed by atoms with Crippen molar-refractivity contribution in [2.45, 2.75) is 6.92 Å². The van der Waals surface area contributed by atoms with E-state index in [9.17, 15) is 4.79 Å². The van der Waals surface area contributed by atoms with Gasteiger partial charge < -0.3 is 19.3 Å². The third kappa shape index (κ3) is 9.84. The topological polar surface area (TPSA) is 47.6 Å². The van der Waals surface area contributed by atoms with Crippen LogP contribution < -0.4 is 5.32 Å². The number of rotatable bonds is 9. The number of quaternary nitrogens is 1. The van der Waals surface area contributed by atoms with Gasteiger partial charge >= 0.3 is 6.09 Å². The van der Waals surface area contributed by atoms with Gasteiger partial charge in [0.25, 0.3) is 0 Å². The number of hydrogen-bond donors (Lipinski definition) is 1. The molecule has 100 valence electrons. The molecule has 0 aromatic rings. The van der Waals surface area contributed by atoms with E-state index in [0.29, 0.717) is 19.8 Å². The summed E-state index contributed by atoms with van der Waals surface area (Å²) < 4.78 is 11.1. The van der Waals surface area contributed by atoms with E-state index in [1.807, 2.05) is 0 Å². The van der Waals surface area contributed by atoms with Crippen LogP contribution >= 0.6 is 0 Å². The Labute approximate surface area is 104 Å². The first-order valence-electron chi connectivity index (χ1n) is 5.93. The molecule has 0 aliphatic heterocycles. The van der Waals surface area contributed by atoms with Crippen molar-refractivity contribution in [1.29, 1.82) is 0 Å². The molecule has 5 nitrogen and oxygen atoms in total. The molecule has 0 aliphatic carbocycles. The van der Waals surface area contributed by atoms with Crippen LogP contribution in [0.1, 0.15) is 6.92 Å². The first kappa shape index (κ1) is 15.9. The lowest BCUT2D eigenvalue weighted by molar-refractivity contribution is -0.888. The van der Waals surface area contributed by atoms with Crippen LogP contribution in [-0.4, -0.2) is 64.1 Å². The summed E-state index contributed by atoms with van der Waals surface area (Å²) in [6.45, 7) is 9.56. The number of ether oxygens (including phenoxy) is 2. The second kappa shape index (κ2) is 9.01. The van der Waals surface area contributed by atoms with Gasteiger partial charge in [0.15, 0.2) is 0 Å². The summed E-state index contributed by atoms with van der Waals surface area (Å²) in [6.07, 6.45) is 1.10. The van der Waals surface area contributed by atoms with Crippen LogP contribution in [0.15, 0.2) is 12.7 Å². The Kier molecular flexibility index (Phi) is 8.44. The van der Waals surface area contributed by atoms with Crippen molar-refractivity contribution in [2.24, 2.45) is 0 Å². The van der Waals surface area contributed by atoms with E-state index >= 15 is 0 Å². The lowest BCUT2D eigenvalue weighted by Crippen LogP contribution is -2.42. The maximum atomic E-state index is 11.0. The molecule has 17 heavy (non-hydrogen) atoms. The average molecular weight is 245 g/mol. The van der Waals surface area contributed by atoms with Crippen molar-refractivity contribution in [3.63, 3.8) is 0 Å². The molecule has 1 N–H and O–H groups in total. The molecule has 0 aromatic carbocycles. The lowest BCUT2D eigenvalue weighted by atomic mass is 10.4. The number of likely N-dealkylation sites (N-methyl/N-ethyl adjacent to an activating group) is 1. The van der Waals surface area contributed by atoms with Crippen molar-refractivity contribution in [2.75, 3.05) is 53.6 Å². The molecule has 0 bridgehead atoms. The van der Waals surface area contributed by atoms with Crippen molar-refractivity contribution in [1.82, 2.24) is 5.32 Å². The maximum absolute atomic E-state index is 11.0. The van der Waals surface area contributed by atoms with Crippen LogP contribution in [0.4, 0.5) is 4.79 Å². The Bertz CT molecular complexity index is 230. The summed E-state index contributed by atoms with van der Waals surface area (Å²) >= 11 is 0. The maximum Gasteiger partial charge on any atom is 0.407 e. The molecule has 0 radical (unpaired) electrons. The van der Waals surface area contributed by atoms with Gasteiger partial charge in [0, 0.05) is 6.54 Å².